The van der Waals surface area contributed by atoms with Gasteiger partial charge in [-0.1, -0.05) is 11.3 Å². The number of nitrogens with two attached hydrogens (primary N) is 1. The molecule has 1 aromatic carbocycles. The molecule has 0 amide bonds. The molecule has 108 valence electrons. The van der Waals surface area contributed by atoms with Crippen LogP contribution in [0.5, 0.6) is 5.75 Å². The lowest BCUT2D eigenvalue weighted by Crippen LogP contribution is -2.14. The summed E-state index contributed by atoms with van der Waals surface area (Å²) in [5.74, 6) is 1.30. The number of rotatable bonds is 4. The van der Waals surface area contributed by atoms with Crippen LogP contribution < -0.4 is 16.0 Å². The molecule has 2 aromatic heterocycles. The Morgan fingerprint density at radius 2 is 2.29 bits per heavy atom. The molecule has 2 heterocycles. The maximum absolute atomic E-state index is 11.9. The molecule has 0 aliphatic carbocycles. The smallest absolute Gasteiger partial charge is 0.275 e. The Kier molecular flexibility index (Phi) is 3.80. The van der Waals surface area contributed by atoms with Crippen molar-refractivity contribution in [3.8, 4) is 5.75 Å². The summed E-state index contributed by atoms with van der Waals surface area (Å²) in [4.78, 5) is 17.8. The topological polar surface area (TPSA) is 82.5 Å². The second kappa shape index (κ2) is 5.74. The summed E-state index contributed by atoms with van der Waals surface area (Å²) in [6, 6.07) is 6.98. The van der Waals surface area contributed by atoms with Gasteiger partial charge in [0.1, 0.15) is 11.3 Å². The molecule has 0 aliphatic heterocycles. The molecule has 0 saturated heterocycles. The van der Waals surface area contributed by atoms with E-state index in [1.165, 1.54) is 33.7 Å². The summed E-state index contributed by atoms with van der Waals surface area (Å²) in [5, 5.41) is 3.93. The number of fused-ring (bicyclic) bond motifs is 1. The van der Waals surface area contributed by atoms with Gasteiger partial charge in [0.05, 0.1) is 12.8 Å². The molecule has 0 aliphatic rings. The molecule has 0 bridgehead atoms. The Morgan fingerprint density at radius 1 is 1.43 bits per heavy atom. The van der Waals surface area contributed by atoms with E-state index >= 15 is 0 Å². The third-order valence-electron chi connectivity index (χ3n) is 2.84. The number of hydrogen-bond acceptors (Lipinski definition) is 7. The Balaban J connectivity index is 1.84. The zero-order valence-corrected chi connectivity index (χ0v) is 12.8. The van der Waals surface area contributed by atoms with E-state index in [-0.39, 0.29) is 5.56 Å². The molecule has 0 atom stereocenters. The molecule has 0 radical (unpaired) electrons. The van der Waals surface area contributed by atoms with Crippen molar-refractivity contribution in [3.63, 3.8) is 0 Å². The van der Waals surface area contributed by atoms with Crippen LogP contribution in [-0.4, -0.2) is 21.7 Å². The average Bonchev–Trinajstić information content (AvgIpc) is 2.95. The van der Waals surface area contributed by atoms with E-state index < -0.39 is 0 Å². The number of methoxy groups -OCH3 is 1. The van der Waals surface area contributed by atoms with Crippen molar-refractivity contribution in [2.75, 3.05) is 12.8 Å². The number of thioether (sulfide) groups is 1. The van der Waals surface area contributed by atoms with Crippen LogP contribution in [0, 0.1) is 0 Å². The molecule has 0 saturated carbocycles. The molecule has 21 heavy (non-hydrogen) atoms. The predicted octanol–water partition coefficient (Wildman–Crippen LogP) is 2.03. The average molecular weight is 320 g/mol. The highest BCUT2D eigenvalue weighted by Crippen LogP contribution is 2.31. The van der Waals surface area contributed by atoms with Gasteiger partial charge >= 0.3 is 0 Å². The minimum atomic E-state index is -0.171. The van der Waals surface area contributed by atoms with Crippen LogP contribution in [0.2, 0.25) is 0 Å². The Bertz CT molecular complexity index is 844. The molecule has 0 unspecified atom stereocenters. The van der Waals surface area contributed by atoms with Crippen LogP contribution in [0.15, 0.2) is 39.5 Å². The molecule has 6 nitrogen and oxygen atoms in total. The number of hydrogen-bond donors (Lipinski definition) is 1. The summed E-state index contributed by atoms with van der Waals surface area (Å²) in [6.07, 6.45) is 0. The van der Waals surface area contributed by atoms with E-state index in [1.54, 1.807) is 18.7 Å². The Hall–Kier alpha value is -2.06. The lowest BCUT2D eigenvalue weighted by atomic mass is 10.3. The van der Waals surface area contributed by atoms with Crippen molar-refractivity contribution in [3.05, 3.63) is 45.8 Å². The van der Waals surface area contributed by atoms with Crippen LogP contribution >= 0.6 is 23.1 Å². The summed E-state index contributed by atoms with van der Waals surface area (Å²) >= 11 is 2.85. The van der Waals surface area contributed by atoms with Crippen molar-refractivity contribution in [1.82, 2.24) is 14.6 Å². The molecule has 3 rings (SSSR count). The molecular formula is C13H12N4O2S2. The first-order chi connectivity index (χ1) is 10.2. The molecule has 0 fully saturated rings. The normalized spacial score (nSPS) is 10.9. The van der Waals surface area contributed by atoms with Crippen molar-refractivity contribution in [1.29, 1.82) is 0 Å². The monoisotopic (exact) mass is 320 g/mol. The summed E-state index contributed by atoms with van der Waals surface area (Å²) in [7, 11) is 1.61. The SMILES string of the molecule is COc1ccc(N)c(SCc2cc(=O)n3ncsc3n2)c1. The van der Waals surface area contributed by atoms with Gasteiger partial charge in [-0.25, -0.2) is 4.98 Å². The van der Waals surface area contributed by atoms with E-state index in [0.717, 1.165) is 10.6 Å². The van der Waals surface area contributed by atoms with Crippen LogP contribution in [0.1, 0.15) is 5.69 Å². The molecule has 2 N–H and O–H groups in total. The van der Waals surface area contributed by atoms with Gasteiger partial charge in [-0.2, -0.15) is 9.61 Å². The fraction of sp³-hybridized carbons (Fsp3) is 0.154. The predicted molar refractivity (Wildman–Crippen MR) is 84.1 cm³/mol. The molecular weight excluding hydrogens is 308 g/mol. The maximum Gasteiger partial charge on any atom is 0.275 e. The minimum absolute atomic E-state index is 0.171. The highest BCUT2D eigenvalue weighted by Gasteiger charge is 2.07. The third kappa shape index (κ3) is 2.86. The van der Waals surface area contributed by atoms with E-state index in [0.29, 0.717) is 22.1 Å². The Morgan fingerprint density at radius 3 is 3.10 bits per heavy atom. The van der Waals surface area contributed by atoms with Gasteiger partial charge in [0, 0.05) is 22.4 Å². The van der Waals surface area contributed by atoms with E-state index in [2.05, 4.69) is 10.1 Å². The minimum Gasteiger partial charge on any atom is -0.497 e. The first-order valence-corrected chi connectivity index (χ1v) is 7.92. The number of anilines is 1. The number of benzene rings is 1. The maximum atomic E-state index is 11.9. The van der Waals surface area contributed by atoms with Gasteiger partial charge in [-0.05, 0) is 18.2 Å². The Labute approximate surface area is 128 Å². The van der Waals surface area contributed by atoms with Gasteiger partial charge in [-0.15, -0.1) is 11.8 Å². The van der Waals surface area contributed by atoms with Crippen LogP contribution in [0.25, 0.3) is 4.96 Å². The van der Waals surface area contributed by atoms with Gasteiger partial charge in [0.25, 0.3) is 5.56 Å². The molecule has 0 spiro atoms. The second-order valence-electron chi connectivity index (χ2n) is 4.21. The van der Waals surface area contributed by atoms with Gasteiger partial charge < -0.3 is 10.5 Å². The lowest BCUT2D eigenvalue weighted by Gasteiger charge is -2.07. The largest absolute Gasteiger partial charge is 0.497 e. The van der Waals surface area contributed by atoms with E-state index in [9.17, 15) is 4.79 Å². The standard InChI is InChI=1S/C13H12N4O2S2/c1-19-9-2-3-10(14)11(5-9)20-6-8-4-12(18)17-13(16-8)21-7-15-17/h2-5,7H,6,14H2,1H3. The van der Waals surface area contributed by atoms with Crippen molar-refractivity contribution in [2.24, 2.45) is 0 Å². The number of nitrogen functional groups attached to an aromatic ring is 1. The molecule has 3 aromatic rings. The van der Waals surface area contributed by atoms with E-state index in [4.69, 9.17) is 10.5 Å². The van der Waals surface area contributed by atoms with E-state index in [1.807, 2.05) is 12.1 Å². The third-order valence-corrected chi connectivity index (χ3v) is 4.62. The zero-order chi connectivity index (χ0) is 14.8. The first kappa shape index (κ1) is 13.9. The second-order valence-corrected chi connectivity index (χ2v) is 6.04. The first-order valence-electron chi connectivity index (χ1n) is 6.06. The van der Waals surface area contributed by atoms with Crippen LogP contribution in [0.4, 0.5) is 5.69 Å². The van der Waals surface area contributed by atoms with Crippen LogP contribution in [0.3, 0.4) is 0 Å². The number of aromatic nitrogens is 3. The fourth-order valence-electron chi connectivity index (χ4n) is 1.79. The molecule has 8 heteroatoms. The number of ether oxygens (including phenoxy) is 1. The van der Waals surface area contributed by atoms with Crippen molar-refractivity contribution < 1.29 is 4.74 Å². The van der Waals surface area contributed by atoms with Gasteiger partial charge in [0.15, 0.2) is 0 Å². The highest BCUT2D eigenvalue weighted by atomic mass is 32.2. The summed E-state index contributed by atoms with van der Waals surface area (Å²) in [5.41, 5.74) is 8.75. The quantitative estimate of drug-likeness (QED) is 0.585. The highest BCUT2D eigenvalue weighted by molar-refractivity contribution is 7.98. The summed E-state index contributed by atoms with van der Waals surface area (Å²) in [6.45, 7) is 0. The van der Waals surface area contributed by atoms with Crippen LogP contribution in [-0.2, 0) is 5.75 Å². The zero-order valence-electron chi connectivity index (χ0n) is 11.1. The van der Waals surface area contributed by atoms with Crippen molar-refractivity contribution >= 4 is 33.7 Å². The summed E-state index contributed by atoms with van der Waals surface area (Å²) < 4.78 is 6.47. The van der Waals surface area contributed by atoms with Gasteiger partial charge in [0.2, 0.25) is 4.96 Å². The fourth-order valence-corrected chi connectivity index (χ4v) is 3.32. The number of nitrogens with zero attached hydrogens (tertiary/aromatic N) is 3. The van der Waals surface area contributed by atoms with Gasteiger partial charge in [-0.3, -0.25) is 4.79 Å². The van der Waals surface area contributed by atoms with Crippen molar-refractivity contribution in [2.45, 2.75) is 10.6 Å². The lowest BCUT2D eigenvalue weighted by molar-refractivity contribution is 0.414.